The molecule has 1 rings (SSSR count). The van der Waals surface area contributed by atoms with E-state index in [-0.39, 0.29) is 42.3 Å². The quantitative estimate of drug-likeness (QED) is 0.0319. The SMILES string of the molecule is CCCCCCCCCCCCCC.CCCCCCCCCCCCCC(=O)OC1CC(NC(=O)CCC(=O)NCCC(C)(C)OCCC(C)C)CCC1OC=O.CO. The molecule has 10 heteroatoms. The Balaban J connectivity index is 0. The van der Waals surface area contributed by atoms with Crippen molar-refractivity contribution in [3.05, 3.63) is 0 Å². The van der Waals surface area contributed by atoms with Crippen molar-refractivity contribution in [2.24, 2.45) is 5.92 Å². The highest BCUT2D eigenvalue weighted by Gasteiger charge is 2.35. The Labute approximate surface area is 370 Å². The molecule has 1 saturated carbocycles. The molecule has 0 spiro atoms. The van der Waals surface area contributed by atoms with Gasteiger partial charge in [0, 0.05) is 52.0 Å². The summed E-state index contributed by atoms with van der Waals surface area (Å²) in [6.07, 6.45) is 33.3. The minimum absolute atomic E-state index is 0.0776. The van der Waals surface area contributed by atoms with Gasteiger partial charge in [-0.15, -0.1) is 0 Å². The summed E-state index contributed by atoms with van der Waals surface area (Å²) in [4.78, 5) is 48.4. The molecule has 2 amide bonds. The zero-order valence-corrected chi connectivity index (χ0v) is 40.5. The molecule has 1 aliphatic carbocycles. The first kappa shape index (κ1) is 59.9. The van der Waals surface area contributed by atoms with Gasteiger partial charge in [-0.3, -0.25) is 19.2 Å². The molecule has 1 aliphatic rings. The number of esters is 1. The van der Waals surface area contributed by atoms with Gasteiger partial charge in [-0.1, -0.05) is 176 Å². The predicted molar refractivity (Wildman–Crippen MR) is 249 cm³/mol. The summed E-state index contributed by atoms with van der Waals surface area (Å²) < 4.78 is 16.9. The van der Waals surface area contributed by atoms with E-state index in [9.17, 15) is 19.2 Å². The van der Waals surface area contributed by atoms with Crippen LogP contribution in [0, 0.1) is 5.92 Å². The number of hydrogen-bond donors (Lipinski definition) is 3. The molecule has 3 N–H and O–H groups in total. The molecule has 0 radical (unpaired) electrons. The smallest absolute Gasteiger partial charge is 0.306 e. The Kier molecular flexibility index (Phi) is 43.4. The van der Waals surface area contributed by atoms with Gasteiger partial charge in [0.1, 0.15) is 12.2 Å². The van der Waals surface area contributed by atoms with Crippen molar-refractivity contribution < 1.29 is 38.5 Å². The van der Waals surface area contributed by atoms with Gasteiger partial charge < -0.3 is 30.0 Å². The van der Waals surface area contributed by atoms with Crippen LogP contribution in [0.25, 0.3) is 0 Å². The third-order valence-corrected chi connectivity index (χ3v) is 11.4. The van der Waals surface area contributed by atoms with Crippen molar-refractivity contribution in [3.8, 4) is 0 Å². The zero-order valence-electron chi connectivity index (χ0n) is 40.5. The molecule has 0 saturated heterocycles. The minimum atomic E-state index is -0.589. The lowest BCUT2D eigenvalue weighted by Gasteiger charge is -2.34. The zero-order chi connectivity index (χ0) is 45.1. The van der Waals surface area contributed by atoms with Crippen molar-refractivity contribution in [3.63, 3.8) is 0 Å². The Hall–Kier alpha value is -2.20. The van der Waals surface area contributed by atoms with Gasteiger partial charge in [0.15, 0.2) is 0 Å². The topological polar surface area (TPSA) is 140 Å². The van der Waals surface area contributed by atoms with Crippen LogP contribution in [0.1, 0.15) is 248 Å². The fraction of sp³-hybridized carbons (Fsp3) is 0.920. The third kappa shape index (κ3) is 39.9. The number of ether oxygens (including phenoxy) is 3. The monoisotopic (exact) mass is 855 g/mol. The van der Waals surface area contributed by atoms with E-state index in [0.29, 0.717) is 57.6 Å². The molecule has 0 aliphatic heterocycles. The summed E-state index contributed by atoms with van der Waals surface area (Å²) in [5, 5.41) is 12.9. The molecular weight excluding hydrogens is 757 g/mol. The lowest BCUT2D eigenvalue weighted by Crippen LogP contribution is -2.47. The molecule has 0 aromatic carbocycles. The molecule has 10 nitrogen and oxygen atoms in total. The fourth-order valence-electron chi connectivity index (χ4n) is 7.42. The molecule has 356 valence electrons. The van der Waals surface area contributed by atoms with Crippen molar-refractivity contribution in [2.75, 3.05) is 20.3 Å². The highest BCUT2D eigenvalue weighted by molar-refractivity contribution is 5.83. The van der Waals surface area contributed by atoms with Crippen LogP contribution in [-0.4, -0.2) is 73.5 Å². The van der Waals surface area contributed by atoms with Crippen molar-refractivity contribution in [2.45, 2.75) is 271 Å². The first-order chi connectivity index (χ1) is 29.0. The fourth-order valence-corrected chi connectivity index (χ4v) is 7.42. The van der Waals surface area contributed by atoms with E-state index in [2.05, 4.69) is 45.3 Å². The molecule has 0 bridgehead atoms. The predicted octanol–water partition coefficient (Wildman–Crippen LogP) is 12.3. The highest BCUT2D eigenvalue weighted by atomic mass is 16.6. The number of hydrogen-bond acceptors (Lipinski definition) is 8. The number of carbonyl (C=O) groups is 4. The van der Waals surface area contributed by atoms with Crippen LogP contribution in [0.5, 0.6) is 0 Å². The van der Waals surface area contributed by atoms with E-state index in [1.165, 1.54) is 128 Å². The number of amides is 2. The molecule has 1 fully saturated rings. The number of carbonyl (C=O) groups excluding carboxylic acids is 4. The molecule has 0 aromatic rings. The van der Waals surface area contributed by atoms with Crippen LogP contribution in [0.15, 0.2) is 0 Å². The Morgan fingerprint density at radius 2 is 1.10 bits per heavy atom. The minimum Gasteiger partial charge on any atom is -0.461 e. The maximum absolute atomic E-state index is 12.6. The van der Waals surface area contributed by atoms with Gasteiger partial charge in [-0.05, 0) is 51.9 Å². The largest absolute Gasteiger partial charge is 0.461 e. The second-order valence-electron chi connectivity index (χ2n) is 18.1. The number of aliphatic hydroxyl groups excluding tert-OH is 1. The van der Waals surface area contributed by atoms with Gasteiger partial charge in [0.05, 0.1) is 5.60 Å². The van der Waals surface area contributed by atoms with Gasteiger partial charge in [0.2, 0.25) is 11.8 Å². The van der Waals surface area contributed by atoms with Gasteiger partial charge >= 0.3 is 5.97 Å². The van der Waals surface area contributed by atoms with E-state index in [1.807, 2.05) is 13.8 Å². The molecule has 60 heavy (non-hydrogen) atoms. The first-order valence-corrected chi connectivity index (χ1v) is 24.9. The van der Waals surface area contributed by atoms with Crippen LogP contribution in [0.2, 0.25) is 0 Å². The van der Waals surface area contributed by atoms with Gasteiger partial charge in [-0.2, -0.15) is 0 Å². The van der Waals surface area contributed by atoms with Crippen LogP contribution >= 0.6 is 0 Å². The summed E-state index contributed by atoms with van der Waals surface area (Å²) in [5.41, 5.74) is -0.321. The standard InChI is InChI=1S/C35H64N2O7.C14H30.CH4O/c1-6-7-8-9-10-11-12-13-14-15-16-17-34(41)44-31-26-29(18-19-30(31)42-27-38)37-33(40)21-20-32(39)36-24-23-35(4,5)43-25-22-28(2)3;1-3-5-7-9-11-13-14-12-10-8-6-4-2;1-2/h27-31H,6-26H2,1-5H3,(H,36,39)(H,37,40);3-14H2,1-2H3;2H,1H3. The average molecular weight is 855 g/mol. The number of rotatable bonds is 37. The normalized spacial score (nSPS) is 16.2. The van der Waals surface area contributed by atoms with Gasteiger partial charge in [0.25, 0.3) is 6.47 Å². The summed E-state index contributed by atoms with van der Waals surface area (Å²) in [6.45, 7) is 16.7. The van der Waals surface area contributed by atoms with Crippen LogP contribution < -0.4 is 10.6 Å². The van der Waals surface area contributed by atoms with E-state index in [1.54, 1.807) is 0 Å². The van der Waals surface area contributed by atoms with Crippen LogP contribution in [0.4, 0.5) is 0 Å². The highest BCUT2D eigenvalue weighted by Crippen LogP contribution is 2.25. The number of nitrogens with one attached hydrogen (secondary N) is 2. The van der Waals surface area contributed by atoms with Gasteiger partial charge in [-0.25, -0.2) is 0 Å². The first-order valence-electron chi connectivity index (χ1n) is 24.9. The van der Waals surface area contributed by atoms with E-state index in [4.69, 9.17) is 19.3 Å². The average Bonchev–Trinajstić information content (AvgIpc) is 3.21. The Bertz CT molecular complexity index is 979. The lowest BCUT2D eigenvalue weighted by atomic mass is 9.90. The van der Waals surface area contributed by atoms with Crippen molar-refractivity contribution in [1.29, 1.82) is 0 Å². The molecule has 0 heterocycles. The number of aliphatic hydroxyl groups is 1. The number of unbranched alkanes of at least 4 members (excludes halogenated alkanes) is 21. The van der Waals surface area contributed by atoms with E-state index in [0.717, 1.165) is 32.8 Å². The van der Waals surface area contributed by atoms with Crippen molar-refractivity contribution in [1.82, 2.24) is 10.6 Å². The maximum atomic E-state index is 12.6. The summed E-state index contributed by atoms with van der Waals surface area (Å²) in [5.74, 6) is -0.0948. The van der Waals surface area contributed by atoms with E-state index >= 15 is 0 Å². The molecular formula is C50H98N2O8. The second-order valence-corrected chi connectivity index (χ2v) is 18.1. The third-order valence-electron chi connectivity index (χ3n) is 11.4. The molecule has 3 atom stereocenters. The summed E-state index contributed by atoms with van der Waals surface area (Å²) >= 11 is 0. The van der Waals surface area contributed by atoms with E-state index < -0.39 is 12.2 Å². The maximum Gasteiger partial charge on any atom is 0.306 e. The summed E-state index contributed by atoms with van der Waals surface area (Å²) in [6, 6.07) is -0.208. The molecule has 3 unspecified atom stereocenters. The molecule has 0 aromatic heterocycles. The Morgan fingerprint density at radius 3 is 1.55 bits per heavy atom. The summed E-state index contributed by atoms with van der Waals surface area (Å²) in [7, 11) is 1.00. The lowest BCUT2D eigenvalue weighted by molar-refractivity contribution is -0.166. The van der Waals surface area contributed by atoms with Crippen LogP contribution in [0.3, 0.4) is 0 Å². The Morgan fingerprint density at radius 1 is 0.650 bits per heavy atom. The van der Waals surface area contributed by atoms with Crippen molar-refractivity contribution >= 4 is 24.3 Å². The van der Waals surface area contributed by atoms with Crippen LogP contribution in [-0.2, 0) is 33.4 Å². The second kappa shape index (κ2) is 43.4.